The van der Waals surface area contributed by atoms with Crippen LogP contribution in [0.1, 0.15) is 11.1 Å². The van der Waals surface area contributed by atoms with Crippen molar-refractivity contribution in [2.24, 2.45) is 5.73 Å². The summed E-state index contributed by atoms with van der Waals surface area (Å²) in [6, 6.07) is 12.3. The number of nitrogens with two attached hydrogens (primary N) is 1. The van der Waals surface area contributed by atoms with E-state index in [1.807, 2.05) is 24.3 Å². The fraction of sp³-hybridized carbons (Fsp3) is 0.200. The Morgan fingerprint density at radius 3 is 2.48 bits per heavy atom. The molecule has 1 atom stereocenters. The van der Waals surface area contributed by atoms with Crippen molar-refractivity contribution in [3.05, 3.63) is 73.2 Å². The van der Waals surface area contributed by atoms with Gasteiger partial charge in [-0.05, 0) is 36.6 Å². The summed E-state index contributed by atoms with van der Waals surface area (Å²) in [6.45, 7) is 0. The molecule has 0 aliphatic rings. The Kier molecular flexibility index (Phi) is 5.33. The lowest BCUT2D eigenvalue weighted by Gasteiger charge is -2.12. The first-order valence-corrected chi connectivity index (χ1v) is 7.55. The zero-order chi connectivity index (χ0) is 15.4. The summed E-state index contributed by atoms with van der Waals surface area (Å²) in [6.07, 6.45) is 1.09. The molecule has 2 N–H and O–H groups in total. The predicted molar refractivity (Wildman–Crippen MR) is 87.6 cm³/mol. The van der Waals surface area contributed by atoms with Crippen molar-refractivity contribution in [3.63, 3.8) is 0 Å². The zero-order valence-electron chi connectivity index (χ0n) is 11.1. The van der Waals surface area contributed by atoms with Gasteiger partial charge in [0, 0.05) is 27.2 Å². The summed E-state index contributed by atoms with van der Waals surface area (Å²) in [4.78, 5) is 10.7. The molecule has 4 nitrogen and oxygen atoms in total. The SMILES string of the molecule is NC(Cc1ccc(Cl)cc1)Cc1ccc(Br)cc1[N+](=O)[O-]. The van der Waals surface area contributed by atoms with Gasteiger partial charge in [0.1, 0.15) is 0 Å². The van der Waals surface area contributed by atoms with E-state index in [0.717, 1.165) is 5.56 Å². The average Bonchev–Trinajstić information content (AvgIpc) is 2.43. The third kappa shape index (κ3) is 4.52. The molecule has 0 fully saturated rings. The van der Waals surface area contributed by atoms with Crippen LogP contribution in [0.5, 0.6) is 0 Å². The molecule has 110 valence electrons. The highest BCUT2D eigenvalue weighted by molar-refractivity contribution is 9.10. The second kappa shape index (κ2) is 7.02. The van der Waals surface area contributed by atoms with Crippen molar-refractivity contribution < 1.29 is 4.92 Å². The lowest BCUT2D eigenvalue weighted by Crippen LogP contribution is -2.25. The summed E-state index contributed by atoms with van der Waals surface area (Å²) in [5.41, 5.74) is 7.91. The smallest absolute Gasteiger partial charge is 0.273 e. The molecule has 0 aromatic heterocycles. The van der Waals surface area contributed by atoms with E-state index in [2.05, 4.69) is 15.9 Å². The van der Waals surface area contributed by atoms with Crippen molar-refractivity contribution in [2.45, 2.75) is 18.9 Å². The van der Waals surface area contributed by atoms with Crippen LogP contribution in [0.15, 0.2) is 46.9 Å². The molecule has 0 spiro atoms. The fourth-order valence-corrected chi connectivity index (χ4v) is 2.63. The molecule has 0 saturated heterocycles. The third-order valence-corrected chi connectivity index (χ3v) is 3.88. The molecule has 0 radical (unpaired) electrons. The van der Waals surface area contributed by atoms with Gasteiger partial charge in [-0.15, -0.1) is 0 Å². The Balaban J connectivity index is 2.10. The Morgan fingerprint density at radius 2 is 1.86 bits per heavy atom. The van der Waals surface area contributed by atoms with Crippen LogP contribution in [0.2, 0.25) is 5.02 Å². The van der Waals surface area contributed by atoms with Crippen molar-refractivity contribution >= 4 is 33.2 Å². The van der Waals surface area contributed by atoms with Gasteiger partial charge < -0.3 is 5.73 Å². The Bertz CT molecular complexity index is 647. The average molecular weight is 370 g/mol. The lowest BCUT2D eigenvalue weighted by molar-refractivity contribution is -0.385. The van der Waals surface area contributed by atoms with E-state index in [1.165, 1.54) is 6.07 Å². The van der Waals surface area contributed by atoms with Crippen molar-refractivity contribution in [1.82, 2.24) is 0 Å². The standard InChI is InChI=1S/C15H14BrClN2O2/c16-12-4-3-11(15(9-12)19(20)21)8-14(18)7-10-1-5-13(17)6-2-10/h1-6,9,14H,7-8,18H2. The molecule has 6 heteroatoms. The van der Waals surface area contributed by atoms with Crippen LogP contribution in [0.4, 0.5) is 5.69 Å². The van der Waals surface area contributed by atoms with E-state index in [9.17, 15) is 10.1 Å². The van der Waals surface area contributed by atoms with E-state index in [1.54, 1.807) is 12.1 Å². The fourth-order valence-electron chi connectivity index (χ4n) is 2.16. The number of hydrogen-bond acceptors (Lipinski definition) is 3. The van der Waals surface area contributed by atoms with Gasteiger partial charge in [0.25, 0.3) is 5.69 Å². The summed E-state index contributed by atoms with van der Waals surface area (Å²) in [5.74, 6) is 0. The molecule has 0 aliphatic heterocycles. The van der Waals surface area contributed by atoms with Crippen LogP contribution in [-0.4, -0.2) is 11.0 Å². The van der Waals surface area contributed by atoms with Gasteiger partial charge in [0.15, 0.2) is 0 Å². The predicted octanol–water partition coefficient (Wildman–Crippen LogP) is 4.12. The summed E-state index contributed by atoms with van der Waals surface area (Å²) < 4.78 is 0.684. The van der Waals surface area contributed by atoms with Crippen molar-refractivity contribution in [1.29, 1.82) is 0 Å². The van der Waals surface area contributed by atoms with Crippen LogP contribution in [-0.2, 0) is 12.8 Å². The first kappa shape index (κ1) is 15.9. The first-order chi connectivity index (χ1) is 9.95. The lowest BCUT2D eigenvalue weighted by atomic mass is 9.99. The van der Waals surface area contributed by atoms with E-state index in [-0.39, 0.29) is 16.7 Å². The Morgan fingerprint density at radius 1 is 1.19 bits per heavy atom. The minimum Gasteiger partial charge on any atom is -0.327 e. The Hall–Kier alpha value is -1.43. The maximum absolute atomic E-state index is 11.1. The second-order valence-corrected chi connectivity index (χ2v) is 6.18. The summed E-state index contributed by atoms with van der Waals surface area (Å²) >= 11 is 9.08. The molecular weight excluding hydrogens is 356 g/mol. The summed E-state index contributed by atoms with van der Waals surface area (Å²) in [7, 11) is 0. The number of halogens is 2. The van der Waals surface area contributed by atoms with E-state index < -0.39 is 0 Å². The van der Waals surface area contributed by atoms with Crippen molar-refractivity contribution in [2.75, 3.05) is 0 Å². The molecule has 21 heavy (non-hydrogen) atoms. The molecule has 0 amide bonds. The van der Waals surface area contributed by atoms with Crippen LogP contribution < -0.4 is 5.73 Å². The minimum absolute atomic E-state index is 0.0935. The molecule has 2 rings (SSSR count). The number of rotatable bonds is 5. The van der Waals surface area contributed by atoms with Crippen LogP contribution in [0.25, 0.3) is 0 Å². The Labute approximate surface area is 136 Å². The van der Waals surface area contributed by atoms with E-state index in [0.29, 0.717) is 27.9 Å². The molecule has 0 bridgehead atoms. The molecule has 2 aromatic carbocycles. The maximum atomic E-state index is 11.1. The molecule has 0 saturated carbocycles. The molecule has 1 unspecified atom stereocenters. The maximum Gasteiger partial charge on any atom is 0.273 e. The van der Waals surface area contributed by atoms with Gasteiger partial charge in [0.05, 0.1) is 4.92 Å². The first-order valence-electron chi connectivity index (χ1n) is 6.38. The number of hydrogen-bond donors (Lipinski definition) is 1. The normalized spacial score (nSPS) is 12.1. The number of nitrogens with zero attached hydrogens (tertiary/aromatic N) is 1. The van der Waals surface area contributed by atoms with E-state index >= 15 is 0 Å². The summed E-state index contributed by atoms with van der Waals surface area (Å²) in [5, 5.41) is 11.8. The largest absolute Gasteiger partial charge is 0.327 e. The molecule has 0 aliphatic carbocycles. The quantitative estimate of drug-likeness (QED) is 0.636. The highest BCUT2D eigenvalue weighted by Crippen LogP contribution is 2.25. The topological polar surface area (TPSA) is 69.2 Å². The number of nitro benzene ring substituents is 1. The minimum atomic E-state index is -0.380. The van der Waals surface area contributed by atoms with Crippen LogP contribution >= 0.6 is 27.5 Å². The molecule has 0 heterocycles. The highest BCUT2D eigenvalue weighted by atomic mass is 79.9. The second-order valence-electron chi connectivity index (χ2n) is 4.82. The van der Waals surface area contributed by atoms with E-state index in [4.69, 9.17) is 17.3 Å². The van der Waals surface area contributed by atoms with Crippen molar-refractivity contribution in [3.8, 4) is 0 Å². The van der Waals surface area contributed by atoms with Gasteiger partial charge in [-0.2, -0.15) is 0 Å². The van der Waals surface area contributed by atoms with Gasteiger partial charge in [-0.1, -0.05) is 45.7 Å². The van der Waals surface area contributed by atoms with Crippen LogP contribution in [0, 0.1) is 10.1 Å². The van der Waals surface area contributed by atoms with Gasteiger partial charge in [0.2, 0.25) is 0 Å². The zero-order valence-corrected chi connectivity index (χ0v) is 13.5. The van der Waals surface area contributed by atoms with Crippen LogP contribution in [0.3, 0.4) is 0 Å². The highest BCUT2D eigenvalue weighted by Gasteiger charge is 2.16. The monoisotopic (exact) mass is 368 g/mol. The van der Waals surface area contributed by atoms with Gasteiger partial charge in [-0.3, -0.25) is 10.1 Å². The number of benzene rings is 2. The molecular formula is C15H14BrClN2O2. The number of nitro groups is 1. The molecule has 2 aromatic rings. The van der Waals surface area contributed by atoms with Gasteiger partial charge in [-0.25, -0.2) is 0 Å². The van der Waals surface area contributed by atoms with Gasteiger partial charge >= 0.3 is 0 Å². The third-order valence-electron chi connectivity index (χ3n) is 3.14.